The van der Waals surface area contributed by atoms with Crippen molar-refractivity contribution in [3.05, 3.63) is 48.8 Å². The molecular weight excluding hydrogens is 216 g/mol. The summed E-state index contributed by atoms with van der Waals surface area (Å²) in [5.41, 5.74) is 2.01. The lowest BCUT2D eigenvalue weighted by Crippen LogP contribution is -2.34. The zero-order chi connectivity index (χ0) is 12.3. The van der Waals surface area contributed by atoms with E-state index in [1.165, 1.54) is 6.20 Å². The van der Waals surface area contributed by atoms with E-state index in [1.807, 2.05) is 30.5 Å². The van der Waals surface area contributed by atoms with Gasteiger partial charge in [-0.25, -0.2) is 4.79 Å². The van der Waals surface area contributed by atoms with Gasteiger partial charge in [0, 0.05) is 23.5 Å². The summed E-state index contributed by atoms with van der Waals surface area (Å²) >= 11 is 0. The highest BCUT2D eigenvalue weighted by Crippen LogP contribution is 2.19. The number of hydrogen-bond acceptors (Lipinski definition) is 2. The van der Waals surface area contributed by atoms with Crippen LogP contribution in [-0.4, -0.2) is 22.1 Å². The quantitative estimate of drug-likeness (QED) is 0.735. The summed E-state index contributed by atoms with van der Waals surface area (Å²) in [4.78, 5) is 14.2. The van der Waals surface area contributed by atoms with Crippen molar-refractivity contribution in [3.8, 4) is 0 Å². The average molecular weight is 230 g/mol. The Hall–Kier alpha value is -2.23. The Kier molecular flexibility index (Phi) is 3.14. The molecule has 1 atom stereocenters. The van der Waals surface area contributed by atoms with Gasteiger partial charge < -0.3 is 15.4 Å². The molecule has 0 radical (unpaired) electrons. The van der Waals surface area contributed by atoms with Crippen molar-refractivity contribution in [2.75, 3.05) is 0 Å². The van der Waals surface area contributed by atoms with E-state index in [1.54, 1.807) is 0 Å². The molecule has 4 heteroatoms. The van der Waals surface area contributed by atoms with Crippen LogP contribution in [-0.2, 0) is 11.2 Å². The molecule has 1 heterocycles. The highest BCUT2D eigenvalue weighted by molar-refractivity contribution is 5.84. The Morgan fingerprint density at radius 3 is 3.00 bits per heavy atom. The van der Waals surface area contributed by atoms with Gasteiger partial charge in [-0.1, -0.05) is 24.8 Å². The first-order valence-corrected chi connectivity index (χ1v) is 5.37. The van der Waals surface area contributed by atoms with Gasteiger partial charge in [0.25, 0.3) is 0 Å². The number of carboxylic acids is 1. The Morgan fingerprint density at radius 2 is 2.29 bits per heavy atom. The number of para-hydroxylation sites is 1. The predicted octanol–water partition coefficient (Wildman–Crippen LogP) is 1.90. The van der Waals surface area contributed by atoms with Gasteiger partial charge in [0.1, 0.15) is 6.04 Å². The first-order chi connectivity index (χ1) is 8.22. The van der Waals surface area contributed by atoms with E-state index in [9.17, 15) is 4.79 Å². The summed E-state index contributed by atoms with van der Waals surface area (Å²) in [6.45, 7) is 3.49. The lowest BCUT2D eigenvalue weighted by atomic mass is 10.1. The molecule has 88 valence electrons. The maximum Gasteiger partial charge on any atom is 0.326 e. The second-order valence-electron chi connectivity index (χ2n) is 3.83. The van der Waals surface area contributed by atoms with Gasteiger partial charge in [0.15, 0.2) is 0 Å². The van der Waals surface area contributed by atoms with Gasteiger partial charge in [-0.15, -0.1) is 0 Å². The molecule has 0 amide bonds. The fourth-order valence-corrected chi connectivity index (χ4v) is 1.88. The third kappa shape index (κ3) is 2.30. The van der Waals surface area contributed by atoms with Crippen LogP contribution in [0.4, 0.5) is 0 Å². The van der Waals surface area contributed by atoms with Gasteiger partial charge >= 0.3 is 5.97 Å². The first kappa shape index (κ1) is 11.3. The number of nitrogens with one attached hydrogen (secondary N) is 2. The number of aromatic nitrogens is 1. The highest BCUT2D eigenvalue weighted by atomic mass is 16.4. The summed E-state index contributed by atoms with van der Waals surface area (Å²) in [5, 5.41) is 12.9. The van der Waals surface area contributed by atoms with E-state index in [-0.39, 0.29) is 0 Å². The third-order valence-electron chi connectivity index (χ3n) is 2.72. The van der Waals surface area contributed by atoms with Crippen LogP contribution in [0.2, 0.25) is 0 Å². The highest BCUT2D eigenvalue weighted by Gasteiger charge is 2.17. The molecule has 1 aromatic heterocycles. The monoisotopic (exact) mass is 230 g/mol. The van der Waals surface area contributed by atoms with Crippen LogP contribution in [0.1, 0.15) is 5.56 Å². The van der Waals surface area contributed by atoms with E-state index in [4.69, 9.17) is 5.11 Å². The Morgan fingerprint density at radius 1 is 1.53 bits per heavy atom. The molecule has 17 heavy (non-hydrogen) atoms. The predicted molar refractivity (Wildman–Crippen MR) is 66.8 cm³/mol. The fraction of sp³-hybridized carbons (Fsp3) is 0.154. The molecule has 0 spiro atoms. The molecule has 4 nitrogen and oxygen atoms in total. The zero-order valence-corrected chi connectivity index (χ0v) is 9.31. The van der Waals surface area contributed by atoms with Crippen LogP contribution >= 0.6 is 0 Å². The molecule has 0 saturated heterocycles. The zero-order valence-electron chi connectivity index (χ0n) is 9.31. The van der Waals surface area contributed by atoms with Crippen molar-refractivity contribution in [1.29, 1.82) is 0 Å². The van der Waals surface area contributed by atoms with E-state index >= 15 is 0 Å². The summed E-state index contributed by atoms with van der Waals surface area (Å²) in [7, 11) is 0. The molecule has 3 N–H and O–H groups in total. The van der Waals surface area contributed by atoms with Crippen molar-refractivity contribution in [2.45, 2.75) is 12.5 Å². The normalized spacial score (nSPS) is 12.2. The van der Waals surface area contributed by atoms with Crippen LogP contribution < -0.4 is 5.32 Å². The molecule has 0 unspecified atom stereocenters. The average Bonchev–Trinajstić information content (AvgIpc) is 2.72. The second-order valence-corrected chi connectivity index (χ2v) is 3.83. The smallest absolute Gasteiger partial charge is 0.326 e. The number of H-pyrrole nitrogens is 1. The van der Waals surface area contributed by atoms with Gasteiger partial charge in [-0.05, 0) is 17.8 Å². The molecule has 2 rings (SSSR count). The lowest BCUT2D eigenvalue weighted by Gasteiger charge is -2.11. The standard InChI is InChI=1S/C13H14N2O2/c1-2-14-12(13(16)17)7-9-8-15-11-6-4-3-5-10(9)11/h2-6,8,12,14-15H,1,7H2,(H,16,17)/t12-/m0/s1. The summed E-state index contributed by atoms with van der Waals surface area (Å²) < 4.78 is 0. The SMILES string of the molecule is C=CN[C@@H](Cc1c[nH]c2ccccc12)C(=O)O. The number of carboxylic acid groups (broad SMARTS) is 1. The number of aliphatic carboxylic acids is 1. The summed E-state index contributed by atoms with van der Waals surface area (Å²) in [6.07, 6.45) is 3.68. The Bertz CT molecular complexity index is 545. The molecule has 2 aromatic rings. The van der Waals surface area contributed by atoms with E-state index < -0.39 is 12.0 Å². The van der Waals surface area contributed by atoms with Crippen LogP contribution in [0.5, 0.6) is 0 Å². The molecule has 0 fully saturated rings. The maximum absolute atomic E-state index is 11.0. The molecule has 0 aliphatic rings. The first-order valence-electron chi connectivity index (χ1n) is 5.37. The van der Waals surface area contributed by atoms with Crippen LogP contribution in [0, 0.1) is 0 Å². The summed E-state index contributed by atoms with van der Waals surface area (Å²) in [5.74, 6) is -0.879. The minimum atomic E-state index is -0.879. The topological polar surface area (TPSA) is 65.1 Å². The fourth-order valence-electron chi connectivity index (χ4n) is 1.88. The molecule has 0 aliphatic carbocycles. The largest absolute Gasteiger partial charge is 0.480 e. The van der Waals surface area contributed by atoms with E-state index in [0.717, 1.165) is 16.5 Å². The molecular formula is C13H14N2O2. The number of fused-ring (bicyclic) bond motifs is 1. The van der Waals surface area contributed by atoms with Crippen molar-refractivity contribution >= 4 is 16.9 Å². The van der Waals surface area contributed by atoms with Crippen LogP contribution in [0.25, 0.3) is 10.9 Å². The summed E-state index contributed by atoms with van der Waals surface area (Å²) in [6, 6.07) is 7.19. The van der Waals surface area contributed by atoms with Crippen LogP contribution in [0.3, 0.4) is 0 Å². The third-order valence-corrected chi connectivity index (χ3v) is 2.72. The maximum atomic E-state index is 11.0. The van der Waals surface area contributed by atoms with Crippen molar-refractivity contribution in [2.24, 2.45) is 0 Å². The molecule has 1 aromatic carbocycles. The Balaban J connectivity index is 2.28. The van der Waals surface area contributed by atoms with Crippen molar-refractivity contribution in [1.82, 2.24) is 10.3 Å². The van der Waals surface area contributed by atoms with E-state index in [2.05, 4.69) is 16.9 Å². The lowest BCUT2D eigenvalue weighted by molar-refractivity contribution is -0.139. The number of benzene rings is 1. The molecule has 0 aliphatic heterocycles. The van der Waals surface area contributed by atoms with Crippen molar-refractivity contribution < 1.29 is 9.90 Å². The van der Waals surface area contributed by atoms with Gasteiger partial charge in [-0.2, -0.15) is 0 Å². The number of carbonyl (C=O) groups is 1. The van der Waals surface area contributed by atoms with Crippen molar-refractivity contribution in [3.63, 3.8) is 0 Å². The van der Waals surface area contributed by atoms with Crippen LogP contribution in [0.15, 0.2) is 43.2 Å². The minimum absolute atomic E-state index is 0.422. The Labute approximate surface area is 99.0 Å². The minimum Gasteiger partial charge on any atom is -0.480 e. The van der Waals surface area contributed by atoms with Gasteiger partial charge in [0.2, 0.25) is 0 Å². The van der Waals surface area contributed by atoms with Gasteiger partial charge in [-0.3, -0.25) is 0 Å². The second kappa shape index (κ2) is 4.74. The number of hydrogen-bond donors (Lipinski definition) is 3. The van der Waals surface area contributed by atoms with Gasteiger partial charge in [0.05, 0.1) is 0 Å². The number of rotatable bonds is 5. The van der Waals surface area contributed by atoms with E-state index in [0.29, 0.717) is 6.42 Å². The molecule has 0 bridgehead atoms. The number of aromatic amines is 1. The molecule has 0 saturated carbocycles.